The van der Waals surface area contributed by atoms with Crippen molar-refractivity contribution >= 4 is 11.3 Å². The van der Waals surface area contributed by atoms with Gasteiger partial charge >= 0.3 is 0 Å². The summed E-state index contributed by atoms with van der Waals surface area (Å²) in [6.45, 7) is 15.4. The predicted octanol–water partition coefficient (Wildman–Crippen LogP) is 5.52. The van der Waals surface area contributed by atoms with Gasteiger partial charge in [-0.3, -0.25) is 4.99 Å². The molecule has 0 amide bonds. The van der Waals surface area contributed by atoms with Crippen LogP contribution in [0.5, 0.6) is 0 Å². The molecule has 0 saturated heterocycles. The minimum Gasteiger partial charge on any atom is -0.358 e. The van der Waals surface area contributed by atoms with E-state index in [1.54, 1.807) is 0 Å². The first-order valence-electron chi connectivity index (χ1n) is 8.13. The van der Waals surface area contributed by atoms with E-state index in [9.17, 15) is 0 Å². The third kappa shape index (κ3) is 2.52. The maximum atomic E-state index is 4.88. The van der Waals surface area contributed by atoms with Crippen LogP contribution >= 0.6 is 0 Å². The number of nitrogens with one attached hydrogen (secondary N) is 1. The lowest BCUT2D eigenvalue weighted by molar-refractivity contribution is 1.08. The molecule has 114 valence electrons. The summed E-state index contributed by atoms with van der Waals surface area (Å²) >= 11 is 0. The van der Waals surface area contributed by atoms with Crippen molar-refractivity contribution in [1.82, 2.24) is 4.98 Å². The zero-order chi connectivity index (χ0) is 15.7. The molecule has 1 N–H and O–H groups in total. The number of aliphatic imine (C=N–C) groups is 1. The van der Waals surface area contributed by atoms with Gasteiger partial charge < -0.3 is 4.98 Å². The van der Waals surface area contributed by atoms with Crippen molar-refractivity contribution in [3.05, 3.63) is 39.4 Å². The minimum atomic E-state index is 1.00. The number of hydrogen-bond donors (Lipinski definition) is 1. The first-order valence-corrected chi connectivity index (χ1v) is 8.13. The minimum absolute atomic E-state index is 1.00. The van der Waals surface area contributed by atoms with Gasteiger partial charge in [-0.05, 0) is 69.2 Å². The lowest BCUT2D eigenvalue weighted by atomic mass is 9.96. The van der Waals surface area contributed by atoms with E-state index < -0.39 is 0 Å². The summed E-state index contributed by atoms with van der Waals surface area (Å²) in [5, 5.41) is 0. The van der Waals surface area contributed by atoms with Crippen molar-refractivity contribution in [3.63, 3.8) is 0 Å². The quantitative estimate of drug-likeness (QED) is 0.754. The number of aromatic nitrogens is 1. The van der Waals surface area contributed by atoms with Gasteiger partial charge in [-0.25, -0.2) is 0 Å². The molecule has 21 heavy (non-hydrogen) atoms. The molecule has 0 atom stereocenters. The first kappa shape index (κ1) is 15.8. The van der Waals surface area contributed by atoms with Crippen molar-refractivity contribution in [3.8, 4) is 0 Å². The molecule has 0 aliphatic carbocycles. The van der Waals surface area contributed by atoms with Crippen LogP contribution in [0.4, 0.5) is 0 Å². The number of rotatable bonds is 4. The fourth-order valence-electron chi connectivity index (χ4n) is 3.63. The third-order valence-corrected chi connectivity index (χ3v) is 4.77. The van der Waals surface area contributed by atoms with Gasteiger partial charge in [-0.15, -0.1) is 0 Å². The predicted molar refractivity (Wildman–Crippen MR) is 93.0 cm³/mol. The zero-order valence-corrected chi connectivity index (χ0v) is 14.6. The number of nitrogens with zero attached hydrogens (tertiary/aromatic N) is 1. The zero-order valence-electron chi connectivity index (χ0n) is 14.6. The molecule has 0 saturated carbocycles. The van der Waals surface area contributed by atoms with Crippen molar-refractivity contribution in [2.75, 3.05) is 0 Å². The highest BCUT2D eigenvalue weighted by Crippen LogP contribution is 2.36. The fourth-order valence-corrected chi connectivity index (χ4v) is 3.63. The molecule has 1 aliphatic heterocycles. The Morgan fingerprint density at radius 1 is 1.00 bits per heavy atom. The molecule has 0 spiro atoms. The number of hydrogen-bond acceptors (Lipinski definition) is 1. The second-order valence-electron chi connectivity index (χ2n) is 5.92. The largest absolute Gasteiger partial charge is 0.358 e. The molecule has 0 bridgehead atoms. The average molecular weight is 284 g/mol. The monoisotopic (exact) mass is 284 g/mol. The highest BCUT2D eigenvalue weighted by atomic mass is 14.8. The summed E-state index contributed by atoms with van der Waals surface area (Å²) in [5.41, 5.74) is 11.9. The Morgan fingerprint density at radius 3 is 2.10 bits per heavy atom. The molecular formula is C19H28N2. The summed E-state index contributed by atoms with van der Waals surface area (Å²) in [7, 11) is 0. The van der Waals surface area contributed by atoms with Crippen molar-refractivity contribution in [2.45, 2.75) is 67.7 Å². The molecule has 0 fully saturated rings. The maximum Gasteiger partial charge on any atom is 0.0718 e. The second kappa shape index (κ2) is 6.05. The lowest BCUT2D eigenvalue weighted by Crippen LogP contribution is -1.94. The fraction of sp³-hybridized carbons (Fsp3) is 0.526. The Hall–Kier alpha value is -1.57. The van der Waals surface area contributed by atoms with Gasteiger partial charge in [-0.2, -0.15) is 0 Å². The molecule has 1 aromatic rings. The summed E-state index contributed by atoms with van der Waals surface area (Å²) in [6.07, 6.45) is 3.15. The van der Waals surface area contributed by atoms with E-state index >= 15 is 0 Å². The van der Waals surface area contributed by atoms with E-state index in [1.807, 2.05) is 0 Å². The van der Waals surface area contributed by atoms with Crippen LogP contribution in [0, 0.1) is 13.8 Å². The highest BCUT2D eigenvalue weighted by Gasteiger charge is 2.22. The van der Waals surface area contributed by atoms with Crippen LogP contribution < -0.4 is 0 Å². The molecule has 2 heteroatoms. The van der Waals surface area contributed by atoms with E-state index in [4.69, 9.17) is 4.99 Å². The molecule has 1 aromatic heterocycles. The van der Waals surface area contributed by atoms with Crippen LogP contribution in [0.3, 0.4) is 0 Å². The molecule has 2 rings (SSSR count). The number of aryl methyl sites for hydroxylation is 1. The molecular weight excluding hydrogens is 256 g/mol. The molecule has 1 aliphatic rings. The summed E-state index contributed by atoms with van der Waals surface area (Å²) in [4.78, 5) is 8.49. The highest BCUT2D eigenvalue weighted by molar-refractivity contribution is 6.04. The molecule has 2 nitrogen and oxygen atoms in total. The third-order valence-electron chi connectivity index (χ3n) is 4.77. The number of H-pyrrole nitrogens is 1. The van der Waals surface area contributed by atoms with Crippen molar-refractivity contribution in [2.24, 2.45) is 4.99 Å². The van der Waals surface area contributed by atoms with E-state index in [1.165, 1.54) is 50.6 Å². The normalized spacial score (nSPS) is 17.6. The van der Waals surface area contributed by atoms with E-state index in [0.717, 1.165) is 19.3 Å². The van der Waals surface area contributed by atoms with Gasteiger partial charge in [0.1, 0.15) is 0 Å². The van der Waals surface area contributed by atoms with Gasteiger partial charge in [0.05, 0.1) is 5.70 Å². The van der Waals surface area contributed by atoms with Crippen LogP contribution in [0.2, 0.25) is 0 Å². The Labute approximate surface area is 129 Å². The Balaban J connectivity index is 2.66. The molecule has 0 aromatic carbocycles. The standard InChI is InChI=1S/C19H28N2/c1-8-15-11(4)18(20-13(15)6)17(10-3)19-12(5)16(9-2)14(7)21-19/h20H,8-10H2,1-7H3/b19-17-. The Bertz CT molecular complexity index is 651. The summed E-state index contributed by atoms with van der Waals surface area (Å²) in [5.74, 6) is 0. The van der Waals surface area contributed by atoms with Crippen LogP contribution in [0.1, 0.15) is 70.0 Å². The first-order chi connectivity index (χ1) is 9.96. The van der Waals surface area contributed by atoms with E-state index in [2.05, 4.69) is 53.5 Å². The second-order valence-corrected chi connectivity index (χ2v) is 5.92. The van der Waals surface area contributed by atoms with Gasteiger partial charge in [0, 0.05) is 22.7 Å². The van der Waals surface area contributed by atoms with E-state index in [0.29, 0.717) is 0 Å². The van der Waals surface area contributed by atoms with Crippen LogP contribution in [0.15, 0.2) is 21.8 Å². The summed E-state index contributed by atoms with van der Waals surface area (Å²) in [6, 6.07) is 0. The molecule has 0 unspecified atom stereocenters. The van der Waals surface area contributed by atoms with Crippen LogP contribution in [-0.2, 0) is 6.42 Å². The van der Waals surface area contributed by atoms with Gasteiger partial charge in [0.2, 0.25) is 0 Å². The van der Waals surface area contributed by atoms with Crippen LogP contribution in [-0.4, -0.2) is 10.7 Å². The molecule has 0 radical (unpaired) electrons. The smallest absolute Gasteiger partial charge is 0.0718 e. The maximum absolute atomic E-state index is 4.88. The SMILES string of the molecule is CCC1=C(C)/C(=C(\CC)c2[nH]c(C)c(CC)c2C)N=C1C. The lowest BCUT2D eigenvalue weighted by Gasteiger charge is -2.10. The van der Waals surface area contributed by atoms with Crippen molar-refractivity contribution in [1.29, 1.82) is 0 Å². The molecule has 2 heterocycles. The number of allylic oxidation sites excluding steroid dienone is 3. The van der Waals surface area contributed by atoms with Gasteiger partial charge in [0.25, 0.3) is 0 Å². The van der Waals surface area contributed by atoms with E-state index in [-0.39, 0.29) is 0 Å². The topological polar surface area (TPSA) is 28.1 Å². The van der Waals surface area contributed by atoms with Crippen molar-refractivity contribution < 1.29 is 0 Å². The Kier molecular flexibility index (Phi) is 4.55. The van der Waals surface area contributed by atoms with Gasteiger partial charge in [0.15, 0.2) is 0 Å². The summed E-state index contributed by atoms with van der Waals surface area (Å²) < 4.78 is 0. The number of aromatic amines is 1. The van der Waals surface area contributed by atoms with Crippen LogP contribution in [0.25, 0.3) is 5.57 Å². The van der Waals surface area contributed by atoms with Gasteiger partial charge in [-0.1, -0.05) is 20.8 Å². The Morgan fingerprint density at radius 2 is 1.67 bits per heavy atom. The average Bonchev–Trinajstić information content (AvgIpc) is 2.89.